The van der Waals surface area contributed by atoms with Crippen LogP contribution in [0.4, 0.5) is 0 Å². The van der Waals surface area contributed by atoms with Gasteiger partial charge >= 0.3 is 0 Å². The van der Waals surface area contributed by atoms with Gasteiger partial charge in [-0.05, 0) is 6.07 Å². The molecule has 0 bridgehead atoms. The van der Waals surface area contributed by atoms with Gasteiger partial charge in [-0.15, -0.1) is 0 Å². The molecule has 8 heavy (non-hydrogen) atoms. The van der Waals surface area contributed by atoms with Gasteiger partial charge < -0.3 is 4.37 Å². The molecule has 0 radical (unpaired) electrons. The molecule has 0 atom stereocenters. The number of aromatic nitrogens is 2. The first-order chi connectivity index (χ1) is 4.00. The zero-order valence-corrected chi connectivity index (χ0v) is 5.06. The van der Waals surface area contributed by atoms with Crippen LogP contribution in [0.3, 0.4) is 0 Å². The molecule has 0 fully saturated rings. The van der Waals surface area contributed by atoms with Gasteiger partial charge in [-0.3, -0.25) is 4.98 Å². The molecule has 1 N–H and O–H groups in total. The summed E-state index contributed by atoms with van der Waals surface area (Å²) in [4.78, 5) is 3.88. The minimum Gasteiger partial charge on any atom is -0.318 e. The van der Waals surface area contributed by atoms with E-state index in [0.717, 1.165) is 0 Å². The number of hydrogen-bond donors (Lipinski definition) is 1. The highest BCUT2D eigenvalue weighted by atomic mass is 32.1. The topological polar surface area (TPSA) is 28.7 Å². The SMILES string of the molecule is c1cnccs[nH]c1. The highest BCUT2D eigenvalue weighted by Crippen LogP contribution is 1.79. The molecule has 1 heterocycles. The summed E-state index contributed by atoms with van der Waals surface area (Å²) >= 11 is 1.50. The van der Waals surface area contributed by atoms with Crippen LogP contribution in [0, 0.1) is 0 Å². The Bertz CT molecular complexity index is 115. The first kappa shape index (κ1) is 5.31. The largest absolute Gasteiger partial charge is 0.318 e. The Morgan fingerprint density at radius 1 is 1.38 bits per heavy atom. The number of hydrogen-bond acceptors (Lipinski definition) is 2. The maximum absolute atomic E-state index is 3.88. The molecule has 42 valence electrons. The zero-order valence-electron chi connectivity index (χ0n) is 4.24. The molecule has 3 heteroatoms. The van der Waals surface area contributed by atoms with Crippen LogP contribution in [0.15, 0.2) is 30.0 Å². The van der Waals surface area contributed by atoms with E-state index in [1.54, 1.807) is 12.4 Å². The molecular formula is C5H6N2S. The summed E-state index contributed by atoms with van der Waals surface area (Å²) in [7, 11) is 0. The van der Waals surface area contributed by atoms with Crippen LogP contribution in [-0.2, 0) is 0 Å². The Morgan fingerprint density at radius 2 is 2.38 bits per heavy atom. The highest BCUT2D eigenvalue weighted by molar-refractivity contribution is 7.03. The predicted octanol–water partition coefficient (Wildman–Crippen LogP) is 1.60. The van der Waals surface area contributed by atoms with Crippen molar-refractivity contribution < 1.29 is 0 Å². The molecule has 0 aromatic carbocycles. The Morgan fingerprint density at radius 3 is 3.38 bits per heavy atom. The van der Waals surface area contributed by atoms with Crippen LogP contribution in [0.25, 0.3) is 0 Å². The first-order valence-electron chi connectivity index (χ1n) is 2.24. The fourth-order valence-electron chi connectivity index (χ4n) is 0.326. The quantitative estimate of drug-likeness (QED) is 0.562. The second-order valence-corrected chi connectivity index (χ2v) is 1.92. The summed E-state index contributed by atoms with van der Waals surface area (Å²) < 4.78 is 2.95. The van der Waals surface area contributed by atoms with E-state index in [2.05, 4.69) is 9.36 Å². The van der Waals surface area contributed by atoms with E-state index in [1.165, 1.54) is 11.5 Å². The molecule has 0 spiro atoms. The minimum absolute atomic E-state index is 1.50. The average molecular weight is 126 g/mol. The van der Waals surface area contributed by atoms with Crippen molar-refractivity contribution in [1.82, 2.24) is 9.36 Å². The Balaban J connectivity index is 3.00. The van der Waals surface area contributed by atoms with Crippen LogP contribution >= 0.6 is 11.5 Å². The van der Waals surface area contributed by atoms with Crippen molar-refractivity contribution in [2.24, 2.45) is 0 Å². The van der Waals surface area contributed by atoms with E-state index in [4.69, 9.17) is 0 Å². The molecule has 1 aromatic heterocycles. The molecule has 1 aromatic rings. The van der Waals surface area contributed by atoms with E-state index in [9.17, 15) is 0 Å². The van der Waals surface area contributed by atoms with Gasteiger partial charge in [0, 0.05) is 24.0 Å². The minimum atomic E-state index is 1.50. The van der Waals surface area contributed by atoms with E-state index in [1.807, 2.05) is 17.6 Å². The molecule has 1 rings (SSSR count). The van der Waals surface area contributed by atoms with Crippen molar-refractivity contribution in [3.8, 4) is 0 Å². The molecule has 0 saturated heterocycles. The van der Waals surface area contributed by atoms with Crippen molar-refractivity contribution in [2.75, 3.05) is 0 Å². The lowest BCUT2D eigenvalue weighted by Crippen LogP contribution is -1.58. The monoisotopic (exact) mass is 126 g/mol. The molecular weight excluding hydrogens is 120 g/mol. The van der Waals surface area contributed by atoms with Crippen molar-refractivity contribution >= 4 is 11.5 Å². The standard InChI is InChI=1S/C5H6N2S/c1-2-6-4-5-8-7-3-1/h1-5,7H. The summed E-state index contributed by atoms with van der Waals surface area (Å²) in [5.41, 5.74) is 0. The summed E-state index contributed by atoms with van der Waals surface area (Å²) in [6.45, 7) is 0. The molecule has 0 aliphatic carbocycles. The number of rotatable bonds is 0. The van der Waals surface area contributed by atoms with Gasteiger partial charge in [0.2, 0.25) is 0 Å². The third kappa shape index (κ3) is 1.75. The highest BCUT2D eigenvalue weighted by Gasteiger charge is 1.58. The van der Waals surface area contributed by atoms with Crippen molar-refractivity contribution in [3.63, 3.8) is 0 Å². The number of nitrogens with one attached hydrogen (secondary N) is 1. The molecule has 0 unspecified atom stereocenters. The normalized spacial score (nSPS) is 8.00. The van der Waals surface area contributed by atoms with Gasteiger partial charge in [0.05, 0.1) is 0 Å². The van der Waals surface area contributed by atoms with Crippen molar-refractivity contribution in [2.45, 2.75) is 0 Å². The van der Waals surface area contributed by atoms with Gasteiger partial charge in [0.15, 0.2) is 0 Å². The predicted molar refractivity (Wildman–Crippen MR) is 34.1 cm³/mol. The molecule has 0 aliphatic rings. The average Bonchev–Trinajstić information content (AvgIpc) is 1.62. The lowest BCUT2D eigenvalue weighted by molar-refractivity contribution is 1.35. The van der Waals surface area contributed by atoms with Crippen LogP contribution in [0.1, 0.15) is 0 Å². The van der Waals surface area contributed by atoms with E-state index >= 15 is 0 Å². The van der Waals surface area contributed by atoms with Gasteiger partial charge in [0.1, 0.15) is 0 Å². The number of H-pyrrole nitrogens is 1. The van der Waals surface area contributed by atoms with Crippen molar-refractivity contribution in [1.29, 1.82) is 0 Å². The lowest BCUT2D eigenvalue weighted by Gasteiger charge is -1.71. The Hall–Kier alpha value is -0.830. The van der Waals surface area contributed by atoms with Gasteiger partial charge in [0.25, 0.3) is 0 Å². The van der Waals surface area contributed by atoms with E-state index < -0.39 is 0 Å². The van der Waals surface area contributed by atoms with Crippen LogP contribution < -0.4 is 0 Å². The van der Waals surface area contributed by atoms with Crippen molar-refractivity contribution in [3.05, 3.63) is 30.0 Å². The Kier molecular flexibility index (Phi) is 2.13. The van der Waals surface area contributed by atoms with Crippen LogP contribution in [0.2, 0.25) is 0 Å². The maximum Gasteiger partial charge on any atom is 0.0381 e. The van der Waals surface area contributed by atoms with E-state index in [-0.39, 0.29) is 0 Å². The summed E-state index contributed by atoms with van der Waals surface area (Å²) in [5.74, 6) is 0. The second kappa shape index (κ2) is 3.21. The molecule has 0 aliphatic heterocycles. The second-order valence-electron chi connectivity index (χ2n) is 1.18. The van der Waals surface area contributed by atoms with Gasteiger partial charge in [-0.25, -0.2) is 0 Å². The molecule has 0 saturated carbocycles. The van der Waals surface area contributed by atoms with Gasteiger partial charge in [-0.1, -0.05) is 11.5 Å². The fraction of sp³-hybridized carbons (Fsp3) is 0. The third-order valence-corrected chi connectivity index (χ3v) is 1.15. The lowest BCUT2D eigenvalue weighted by atomic mass is 10.7. The van der Waals surface area contributed by atoms with Gasteiger partial charge in [-0.2, -0.15) is 0 Å². The number of aromatic amines is 1. The summed E-state index contributed by atoms with van der Waals surface area (Å²) in [5, 5.41) is 1.88. The summed E-state index contributed by atoms with van der Waals surface area (Å²) in [6, 6.07) is 1.84. The van der Waals surface area contributed by atoms with Crippen LogP contribution in [-0.4, -0.2) is 9.36 Å². The smallest absolute Gasteiger partial charge is 0.0381 e. The van der Waals surface area contributed by atoms with Crippen LogP contribution in [0.5, 0.6) is 0 Å². The third-order valence-electron chi connectivity index (χ3n) is 0.619. The maximum atomic E-state index is 3.88. The Labute approximate surface area is 51.7 Å². The number of nitrogens with zero attached hydrogens (tertiary/aromatic N) is 1. The van der Waals surface area contributed by atoms with E-state index in [0.29, 0.717) is 0 Å². The first-order valence-corrected chi connectivity index (χ1v) is 3.12. The zero-order chi connectivity index (χ0) is 5.66. The molecule has 2 nitrogen and oxygen atoms in total. The summed E-state index contributed by atoms with van der Waals surface area (Å²) in [6.07, 6.45) is 5.29. The fourth-order valence-corrected chi connectivity index (χ4v) is 0.693. The molecule has 0 amide bonds.